The van der Waals surface area contributed by atoms with Gasteiger partial charge in [-0.2, -0.15) is 0 Å². The van der Waals surface area contributed by atoms with Crippen molar-refractivity contribution >= 4 is 39.0 Å². The van der Waals surface area contributed by atoms with Crippen molar-refractivity contribution in [2.75, 3.05) is 11.4 Å². The van der Waals surface area contributed by atoms with Gasteiger partial charge in [-0.1, -0.05) is 34.5 Å². The molecular weight excluding hydrogens is 302 g/mol. The molecule has 1 aliphatic heterocycles. The molecule has 1 aromatic carbocycles. The Morgan fingerprint density at radius 3 is 2.82 bits per heavy atom. The number of ketones is 1. The molecule has 92 valence electrons. The van der Waals surface area contributed by atoms with Crippen molar-refractivity contribution in [3.05, 3.63) is 27.7 Å². The lowest BCUT2D eigenvalue weighted by atomic mass is 9.90. The molecule has 0 aliphatic carbocycles. The highest BCUT2D eigenvalue weighted by Gasteiger charge is 2.31. The van der Waals surface area contributed by atoms with Gasteiger partial charge < -0.3 is 4.90 Å². The van der Waals surface area contributed by atoms with Crippen molar-refractivity contribution in [2.45, 2.75) is 26.3 Å². The Kier molecular flexibility index (Phi) is 3.79. The first-order valence-electron chi connectivity index (χ1n) is 5.75. The lowest BCUT2D eigenvalue weighted by molar-refractivity contribution is -0.123. The number of Topliss-reactive ketones (excluding diaryl/α,β-unsaturated/α-hetero) is 1. The number of piperidine rings is 1. The van der Waals surface area contributed by atoms with Crippen LogP contribution in [0.4, 0.5) is 5.69 Å². The molecule has 0 N–H and O–H groups in total. The third-order valence-electron chi connectivity index (χ3n) is 3.54. The Morgan fingerprint density at radius 2 is 2.12 bits per heavy atom. The smallest absolute Gasteiger partial charge is 0.139 e. The Hall–Kier alpha value is -0.540. The highest BCUT2D eigenvalue weighted by molar-refractivity contribution is 9.10. The molecule has 1 heterocycles. The monoisotopic (exact) mass is 315 g/mol. The zero-order valence-electron chi connectivity index (χ0n) is 9.91. The second-order valence-electron chi connectivity index (χ2n) is 4.53. The Morgan fingerprint density at radius 1 is 1.41 bits per heavy atom. The van der Waals surface area contributed by atoms with Gasteiger partial charge in [0, 0.05) is 29.4 Å². The van der Waals surface area contributed by atoms with E-state index in [1.807, 2.05) is 25.1 Å². The molecule has 1 aliphatic rings. The maximum Gasteiger partial charge on any atom is 0.139 e. The molecule has 0 bridgehead atoms. The molecule has 0 radical (unpaired) electrons. The normalized spacial score (nSPS) is 25.2. The van der Waals surface area contributed by atoms with Crippen molar-refractivity contribution in [3.8, 4) is 0 Å². The van der Waals surface area contributed by atoms with E-state index in [1.54, 1.807) is 0 Å². The molecule has 0 amide bonds. The predicted molar refractivity (Wildman–Crippen MR) is 74.7 cm³/mol. The van der Waals surface area contributed by atoms with Crippen LogP contribution in [-0.2, 0) is 4.79 Å². The standard InChI is InChI=1S/C13H15BrClNO/c1-8-9(2)16(6-5-13(8)17)12-7-10(14)3-4-11(12)15/h3-4,7-9H,5-6H2,1-2H3. The van der Waals surface area contributed by atoms with Crippen LogP contribution < -0.4 is 4.90 Å². The summed E-state index contributed by atoms with van der Waals surface area (Å²) in [6.07, 6.45) is 0.606. The van der Waals surface area contributed by atoms with Gasteiger partial charge in [0.25, 0.3) is 0 Å². The molecule has 0 aromatic heterocycles. The number of hydrogen-bond donors (Lipinski definition) is 0. The first-order chi connectivity index (χ1) is 8.00. The zero-order chi connectivity index (χ0) is 12.6. The molecule has 1 fully saturated rings. The van der Waals surface area contributed by atoms with Gasteiger partial charge in [-0.25, -0.2) is 0 Å². The van der Waals surface area contributed by atoms with Gasteiger partial charge in [0.2, 0.25) is 0 Å². The number of carbonyl (C=O) groups is 1. The maximum absolute atomic E-state index is 11.7. The van der Waals surface area contributed by atoms with Crippen LogP contribution in [0.5, 0.6) is 0 Å². The van der Waals surface area contributed by atoms with Crippen LogP contribution in [0, 0.1) is 5.92 Å². The summed E-state index contributed by atoms with van der Waals surface area (Å²) in [5, 5.41) is 0.738. The van der Waals surface area contributed by atoms with Crippen molar-refractivity contribution in [3.63, 3.8) is 0 Å². The van der Waals surface area contributed by atoms with Gasteiger partial charge in [-0.05, 0) is 25.1 Å². The first-order valence-corrected chi connectivity index (χ1v) is 6.92. The number of anilines is 1. The number of carbonyl (C=O) groups excluding carboxylic acids is 1. The molecule has 4 heteroatoms. The fraction of sp³-hybridized carbons (Fsp3) is 0.462. The summed E-state index contributed by atoms with van der Waals surface area (Å²) in [4.78, 5) is 13.9. The van der Waals surface area contributed by atoms with Gasteiger partial charge in [0.1, 0.15) is 5.78 Å². The van der Waals surface area contributed by atoms with Crippen LogP contribution in [0.15, 0.2) is 22.7 Å². The summed E-state index contributed by atoms with van der Waals surface area (Å²) in [5.41, 5.74) is 1.01. The molecule has 0 spiro atoms. The van der Waals surface area contributed by atoms with E-state index < -0.39 is 0 Å². The fourth-order valence-corrected chi connectivity index (χ4v) is 2.82. The summed E-state index contributed by atoms with van der Waals surface area (Å²) >= 11 is 9.69. The maximum atomic E-state index is 11.7. The molecule has 17 heavy (non-hydrogen) atoms. The van der Waals surface area contributed by atoms with Crippen molar-refractivity contribution in [1.29, 1.82) is 0 Å². The van der Waals surface area contributed by atoms with Crippen LogP contribution in [0.25, 0.3) is 0 Å². The molecule has 2 rings (SSSR count). The highest BCUT2D eigenvalue weighted by atomic mass is 79.9. The summed E-state index contributed by atoms with van der Waals surface area (Å²) in [6, 6.07) is 6.02. The minimum absolute atomic E-state index is 0.0683. The summed E-state index contributed by atoms with van der Waals surface area (Å²) in [5.74, 6) is 0.415. The second kappa shape index (κ2) is 4.99. The van der Waals surface area contributed by atoms with Crippen molar-refractivity contribution in [2.24, 2.45) is 5.92 Å². The first kappa shape index (κ1) is 12.9. The van der Waals surface area contributed by atoms with E-state index in [9.17, 15) is 4.79 Å². The van der Waals surface area contributed by atoms with Gasteiger partial charge in [-0.15, -0.1) is 0 Å². The summed E-state index contributed by atoms with van der Waals surface area (Å²) < 4.78 is 1.01. The van der Waals surface area contributed by atoms with Crippen LogP contribution >= 0.6 is 27.5 Å². The topological polar surface area (TPSA) is 20.3 Å². The number of halogens is 2. The van der Waals surface area contributed by atoms with Crippen LogP contribution in [0.1, 0.15) is 20.3 Å². The lowest BCUT2D eigenvalue weighted by Crippen LogP contribution is -2.47. The number of rotatable bonds is 1. The highest BCUT2D eigenvalue weighted by Crippen LogP contribution is 2.34. The molecule has 2 unspecified atom stereocenters. The predicted octanol–water partition coefficient (Wildman–Crippen LogP) is 3.91. The van der Waals surface area contributed by atoms with E-state index in [2.05, 4.69) is 27.8 Å². The van der Waals surface area contributed by atoms with E-state index >= 15 is 0 Å². The Labute approximate surface area is 115 Å². The van der Waals surface area contributed by atoms with Gasteiger partial charge in [0.05, 0.1) is 10.7 Å². The van der Waals surface area contributed by atoms with E-state index in [1.165, 1.54) is 0 Å². The largest absolute Gasteiger partial charge is 0.366 e. The summed E-state index contributed by atoms with van der Waals surface area (Å²) in [6.45, 7) is 4.82. The Bertz CT molecular complexity index is 449. The van der Waals surface area contributed by atoms with Gasteiger partial charge in [0.15, 0.2) is 0 Å². The average Bonchev–Trinajstić information content (AvgIpc) is 2.30. The number of benzene rings is 1. The van der Waals surface area contributed by atoms with Crippen LogP contribution in [-0.4, -0.2) is 18.4 Å². The van der Waals surface area contributed by atoms with E-state index in [-0.39, 0.29) is 12.0 Å². The molecule has 0 saturated carbocycles. The molecule has 1 aromatic rings. The zero-order valence-corrected chi connectivity index (χ0v) is 12.3. The average molecular weight is 317 g/mol. The second-order valence-corrected chi connectivity index (χ2v) is 5.86. The van der Waals surface area contributed by atoms with E-state index in [4.69, 9.17) is 11.6 Å². The quantitative estimate of drug-likeness (QED) is 0.783. The third-order valence-corrected chi connectivity index (χ3v) is 4.35. The molecule has 2 nitrogen and oxygen atoms in total. The minimum atomic E-state index is 0.0683. The van der Waals surface area contributed by atoms with Gasteiger partial charge in [-0.3, -0.25) is 4.79 Å². The van der Waals surface area contributed by atoms with Crippen molar-refractivity contribution in [1.82, 2.24) is 0 Å². The SMILES string of the molecule is CC1C(=O)CCN(c2cc(Br)ccc2Cl)C1C. The van der Waals surface area contributed by atoms with E-state index in [0.29, 0.717) is 12.2 Å². The molecule has 1 saturated heterocycles. The Balaban J connectivity index is 2.33. The minimum Gasteiger partial charge on any atom is -0.366 e. The van der Waals surface area contributed by atoms with Gasteiger partial charge >= 0.3 is 0 Å². The van der Waals surface area contributed by atoms with Crippen LogP contribution in [0.2, 0.25) is 5.02 Å². The third kappa shape index (κ3) is 2.50. The lowest BCUT2D eigenvalue weighted by Gasteiger charge is -2.39. The number of hydrogen-bond acceptors (Lipinski definition) is 2. The molecular formula is C13H15BrClNO. The summed E-state index contributed by atoms with van der Waals surface area (Å²) in [7, 11) is 0. The molecule has 2 atom stereocenters. The van der Waals surface area contributed by atoms with Crippen LogP contribution in [0.3, 0.4) is 0 Å². The van der Waals surface area contributed by atoms with E-state index in [0.717, 1.165) is 21.7 Å². The van der Waals surface area contributed by atoms with Crippen molar-refractivity contribution < 1.29 is 4.79 Å². The fourth-order valence-electron chi connectivity index (χ4n) is 2.25. The number of nitrogens with zero attached hydrogens (tertiary/aromatic N) is 1.